The molecule has 0 spiro atoms. The van der Waals surface area contributed by atoms with E-state index in [0.29, 0.717) is 18.1 Å². The summed E-state index contributed by atoms with van der Waals surface area (Å²) in [5.74, 6) is 0.622. The molecule has 0 amide bonds. The molecule has 1 aliphatic heterocycles. The minimum Gasteiger partial charge on any atom is -0.481 e. The van der Waals surface area contributed by atoms with Gasteiger partial charge < -0.3 is 19.3 Å². The Morgan fingerprint density at radius 3 is 2.84 bits per heavy atom. The van der Waals surface area contributed by atoms with E-state index >= 15 is 0 Å². The lowest BCUT2D eigenvalue weighted by Gasteiger charge is -2.19. The topological polar surface area (TPSA) is 65.0 Å². The number of carboxylic acid groups (broad SMARTS) is 1. The van der Waals surface area contributed by atoms with Crippen molar-refractivity contribution in [1.29, 1.82) is 0 Å². The third-order valence-electron chi connectivity index (χ3n) is 3.80. The number of hydrogen-bond donors (Lipinski definition) is 1. The lowest BCUT2D eigenvalue weighted by atomic mass is 9.87. The maximum absolute atomic E-state index is 11.1. The average Bonchev–Trinajstić information content (AvgIpc) is 2.96. The highest BCUT2D eigenvalue weighted by Gasteiger charge is 2.50. The van der Waals surface area contributed by atoms with E-state index < -0.39 is 5.97 Å². The van der Waals surface area contributed by atoms with E-state index in [1.165, 1.54) is 0 Å². The Morgan fingerprint density at radius 2 is 2.21 bits per heavy atom. The van der Waals surface area contributed by atoms with E-state index in [4.69, 9.17) is 19.3 Å². The second kappa shape index (κ2) is 4.42. The van der Waals surface area contributed by atoms with Crippen molar-refractivity contribution in [1.82, 2.24) is 0 Å². The molecule has 1 heterocycles. The number of rotatable bonds is 5. The zero-order chi connectivity index (χ0) is 13.5. The Morgan fingerprint density at radius 1 is 1.42 bits per heavy atom. The van der Waals surface area contributed by atoms with Gasteiger partial charge in [0, 0.05) is 18.1 Å². The number of carboxylic acids is 1. The van der Waals surface area contributed by atoms with Gasteiger partial charge in [-0.05, 0) is 24.5 Å². The standard InChI is InChI=1S/C14H16O5/c1-17-7-9-2-3-10-13(19-8-18-10)12(9)14(4-5-14)6-11(15)16/h2-3H,4-8H2,1H3,(H,15,16). The molecule has 1 aliphatic carbocycles. The molecular formula is C14H16O5. The molecule has 1 aromatic carbocycles. The fourth-order valence-electron chi connectivity index (χ4n) is 2.83. The molecule has 1 fully saturated rings. The minimum atomic E-state index is -0.780. The molecular weight excluding hydrogens is 248 g/mol. The number of benzene rings is 1. The van der Waals surface area contributed by atoms with Crippen LogP contribution in [0.3, 0.4) is 0 Å². The molecule has 1 N–H and O–H groups in total. The molecule has 0 unspecified atom stereocenters. The van der Waals surface area contributed by atoms with Crippen LogP contribution in [0.25, 0.3) is 0 Å². The van der Waals surface area contributed by atoms with Gasteiger partial charge in [0.15, 0.2) is 11.5 Å². The number of hydrogen-bond acceptors (Lipinski definition) is 4. The lowest BCUT2D eigenvalue weighted by Crippen LogP contribution is -2.16. The summed E-state index contributed by atoms with van der Waals surface area (Å²) in [6, 6.07) is 3.80. The van der Waals surface area contributed by atoms with Crippen molar-refractivity contribution in [3.05, 3.63) is 23.3 Å². The van der Waals surface area contributed by atoms with Gasteiger partial charge in [0.25, 0.3) is 0 Å². The summed E-state index contributed by atoms with van der Waals surface area (Å²) < 4.78 is 16.2. The van der Waals surface area contributed by atoms with Crippen LogP contribution in [0.1, 0.15) is 30.4 Å². The summed E-state index contributed by atoms with van der Waals surface area (Å²) in [5.41, 5.74) is 1.65. The molecule has 5 heteroatoms. The van der Waals surface area contributed by atoms with Gasteiger partial charge in [-0.15, -0.1) is 0 Å². The molecule has 1 saturated carbocycles. The fourth-order valence-corrected chi connectivity index (χ4v) is 2.83. The van der Waals surface area contributed by atoms with E-state index in [-0.39, 0.29) is 18.6 Å². The number of fused-ring (bicyclic) bond motifs is 1. The van der Waals surface area contributed by atoms with Crippen molar-refractivity contribution in [2.75, 3.05) is 13.9 Å². The Hall–Kier alpha value is -1.75. The monoisotopic (exact) mass is 264 g/mol. The molecule has 5 nitrogen and oxygen atoms in total. The van der Waals surface area contributed by atoms with Crippen molar-refractivity contribution >= 4 is 5.97 Å². The molecule has 3 rings (SSSR count). The molecule has 0 bridgehead atoms. The van der Waals surface area contributed by atoms with Gasteiger partial charge in [0.05, 0.1) is 13.0 Å². The smallest absolute Gasteiger partial charge is 0.304 e. The summed E-state index contributed by atoms with van der Waals surface area (Å²) in [6.45, 7) is 0.648. The summed E-state index contributed by atoms with van der Waals surface area (Å²) in [6.07, 6.45) is 1.87. The minimum absolute atomic E-state index is 0.128. The zero-order valence-corrected chi connectivity index (χ0v) is 10.8. The first-order valence-electron chi connectivity index (χ1n) is 6.29. The molecule has 1 aromatic rings. The average molecular weight is 264 g/mol. The molecule has 0 saturated heterocycles. The first-order chi connectivity index (χ1) is 9.16. The molecule has 2 aliphatic rings. The Bertz CT molecular complexity index is 519. The highest BCUT2D eigenvalue weighted by atomic mass is 16.7. The van der Waals surface area contributed by atoms with E-state index in [1.54, 1.807) is 7.11 Å². The van der Waals surface area contributed by atoms with Gasteiger partial charge in [-0.25, -0.2) is 0 Å². The van der Waals surface area contributed by atoms with Crippen molar-refractivity contribution in [3.63, 3.8) is 0 Å². The molecule has 0 atom stereocenters. The van der Waals surface area contributed by atoms with Crippen LogP contribution in [0, 0.1) is 0 Å². The predicted molar refractivity (Wildman–Crippen MR) is 66.4 cm³/mol. The summed E-state index contributed by atoms with van der Waals surface area (Å²) >= 11 is 0. The first kappa shape index (κ1) is 12.3. The van der Waals surface area contributed by atoms with Gasteiger partial charge >= 0.3 is 5.97 Å². The van der Waals surface area contributed by atoms with E-state index in [1.807, 2.05) is 12.1 Å². The second-order valence-electron chi connectivity index (χ2n) is 5.12. The Kier molecular flexibility index (Phi) is 2.86. The zero-order valence-electron chi connectivity index (χ0n) is 10.8. The van der Waals surface area contributed by atoms with Crippen LogP contribution >= 0.6 is 0 Å². The van der Waals surface area contributed by atoms with Gasteiger partial charge in [-0.3, -0.25) is 4.79 Å². The second-order valence-corrected chi connectivity index (χ2v) is 5.12. The molecule has 19 heavy (non-hydrogen) atoms. The number of methoxy groups -OCH3 is 1. The predicted octanol–water partition coefficient (Wildman–Crippen LogP) is 2.07. The van der Waals surface area contributed by atoms with Gasteiger partial charge in [0.1, 0.15) is 0 Å². The largest absolute Gasteiger partial charge is 0.481 e. The highest BCUT2D eigenvalue weighted by molar-refractivity contribution is 5.71. The van der Waals surface area contributed by atoms with Crippen LogP contribution in [0.15, 0.2) is 12.1 Å². The lowest BCUT2D eigenvalue weighted by molar-refractivity contribution is -0.137. The van der Waals surface area contributed by atoms with Crippen LogP contribution in [0.4, 0.5) is 0 Å². The Balaban J connectivity index is 2.07. The SMILES string of the molecule is COCc1ccc2c(c1C1(CC(=O)O)CC1)OCO2. The van der Waals surface area contributed by atoms with Gasteiger partial charge in [-0.1, -0.05) is 6.07 Å². The summed E-state index contributed by atoms with van der Waals surface area (Å²) in [5, 5.41) is 9.12. The fraction of sp³-hybridized carbons (Fsp3) is 0.500. The summed E-state index contributed by atoms with van der Waals surface area (Å²) in [7, 11) is 1.63. The third kappa shape index (κ3) is 2.04. The first-order valence-corrected chi connectivity index (χ1v) is 6.29. The number of ether oxygens (including phenoxy) is 3. The quantitative estimate of drug-likeness (QED) is 0.882. The van der Waals surface area contributed by atoms with E-state index in [2.05, 4.69) is 0 Å². The molecule has 0 radical (unpaired) electrons. The normalized spacial score (nSPS) is 18.4. The van der Waals surface area contributed by atoms with Crippen molar-refractivity contribution in [2.24, 2.45) is 0 Å². The van der Waals surface area contributed by atoms with Gasteiger partial charge in [-0.2, -0.15) is 0 Å². The van der Waals surface area contributed by atoms with E-state index in [0.717, 1.165) is 24.0 Å². The number of aliphatic carboxylic acids is 1. The van der Waals surface area contributed by atoms with Crippen LogP contribution < -0.4 is 9.47 Å². The van der Waals surface area contributed by atoms with Crippen LogP contribution in [-0.2, 0) is 21.6 Å². The maximum Gasteiger partial charge on any atom is 0.304 e. The highest BCUT2D eigenvalue weighted by Crippen LogP contribution is 2.57. The van der Waals surface area contributed by atoms with Crippen molar-refractivity contribution in [2.45, 2.75) is 31.3 Å². The van der Waals surface area contributed by atoms with Crippen molar-refractivity contribution < 1.29 is 24.1 Å². The van der Waals surface area contributed by atoms with Gasteiger partial charge in [0.2, 0.25) is 6.79 Å². The van der Waals surface area contributed by atoms with Crippen LogP contribution in [0.2, 0.25) is 0 Å². The number of carbonyl (C=O) groups is 1. The molecule has 0 aromatic heterocycles. The van der Waals surface area contributed by atoms with Crippen LogP contribution in [-0.4, -0.2) is 25.0 Å². The van der Waals surface area contributed by atoms with Crippen molar-refractivity contribution in [3.8, 4) is 11.5 Å². The summed E-state index contributed by atoms with van der Waals surface area (Å²) in [4.78, 5) is 11.1. The third-order valence-corrected chi connectivity index (χ3v) is 3.80. The maximum atomic E-state index is 11.1. The molecule has 102 valence electrons. The van der Waals surface area contributed by atoms with Crippen LogP contribution in [0.5, 0.6) is 11.5 Å². The Labute approximate surface area is 111 Å². The van der Waals surface area contributed by atoms with E-state index in [9.17, 15) is 4.79 Å².